The molecule has 0 N–H and O–H groups in total. The van der Waals surface area contributed by atoms with E-state index in [0.717, 1.165) is 5.69 Å². The molecule has 2 aromatic rings. The average molecular weight is 401 g/mol. The van der Waals surface area contributed by atoms with Crippen molar-refractivity contribution in [3.05, 3.63) is 69.2 Å². The maximum Gasteiger partial charge on any atom is 0.269 e. The molecule has 0 aromatic heterocycles. The third-order valence-corrected chi connectivity index (χ3v) is 4.83. The Morgan fingerprint density at radius 1 is 1.29 bits per heavy atom. The smallest absolute Gasteiger partial charge is 0.269 e. The van der Waals surface area contributed by atoms with E-state index < -0.39 is 11.0 Å². The lowest BCUT2D eigenvalue weighted by Crippen LogP contribution is -2.46. The molecule has 2 rings (SSSR count). The first-order chi connectivity index (χ1) is 13.3. The number of benzene rings is 2. The number of carbonyl (C=O) groups is 1. The number of hydrogen-bond acceptors (Lipinski definition) is 5. The fourth-order valence-corrected chi connectivity index (χ4v) is 2.93. The molecule has 0 heterocycles. The molecule has 1 unspecified atom stereocenters. The second kappa shape index (κ2) is 9.83. The van der Waals surface area contributed by atoms with E-state index in [1.807, 2.05) is 30.3 Å². The summed E-state index contributed by atoms with van der Waals surface area (Å²) in [6, 6.07) is 15.0. The minimum absolute atomic E-state index is 0.0493. The molecule has 146 valence electrons. The Balaban J connectivity index is 2.19. The highest BCUT2D eigenvalue weighted by Gasteiger charge is 2.25. The van der Waals surface area contributed by atoms with Gasteiger partial charge >= 0.3 is 0 Å². The first kappa shape index (κ1) is 21.4. The Labute approximate surface area is 168 Å². The van der Waals surface area contributed by atoms with Crippen LogP contribution in [0.5, 0.6) is 0 Å². The third kappa shape index (κ3) is 5.28. The SMILES string of the molecule is CC(C(=O)N(CCC#N)c1ccccc1)N(C)Cc1cc([N+](=O)[O-])ccc1Cl. The fourth-order valence-electron chi connectivity index (χ4n) is 2.75. The number of rotatable bonds is 8. The zero-order valence-corrected chi connectivity index (χ0v) is 16.5. The lowest BCUT2D eigenvalue weighted by molar-refractivity contribution is -0.384. The molecule has 0 spiro atoms. The van der Waals surface area contributed by atoms with Gasteiger partial charge < -0.3 is 4.90 Å². The van der Waals surface area contributed by atoms with Crippen molar-refractivity contribution in [2.24, 2.45) is 0 Å². The van der Waals surface area contributed by atoms with E-state index in [1.54, 1.807) is 23.8 Å². The Morgan fingerprint density at radius 3 is 2.57 bits per heavy atom. The molecular formula is C20H21ClN4O3. The van der Waals surface area contributed by atoms with Gasteiger partial charge in [0.2, 0.25) is 5.91 Å². The largest absolute Gasteiger partial charge is 0.310 e. The predicted octanol–water partition coefficient (Wildman–Crippen LogP) is 4.02. The molecule has 1 amide bonds. The molecule has 1 atom stereocenters. The molecule has 28 heavy (non-hydrogen) atoms. The van der Waals surface area contributed by atoms with Crippen molar-refractivity contribution in [1.82, 2.24) is 4.90 Å². The number of nitro groups is 1. The van der Waals surface area contributed by atoms with Crippen LogP contribution in [-0.4, -0.2) is 35.4 Å². The van der Waals surface area contributed by atoms with Gasteiger partial charge in [-0.05, 0) is 37.7 Å². The molecule has 0 aliphatic carbocycles. The van der Waals surface area contributed by atoms with Crippen molar-refractivity contribution < 1.29 is 9.72 Å². The monoisotopic (exact) mass is 400 g/mol. The lowest BCUT2D eigenvalue weighted by atomic mass is 10.1. The van der Waals surface area contributed by atoms with E-state index in [9.17, 15) is 14.9 Å². The molecule has 7 nitrogen and oxygen atoms in total. The molecule has 0 saturated heterocycles. The molecule has 0 fully saturated rings. The number of nitro benzene ring substituents is 1. The van der Waals surface area contributed by atoms with Crippen LogP contribution in [0.3, 0.4) is 0 Å². The van der Waals surface area contributed by atoms with Gasteiger partial charge in [0, 0.05) is 35.9 Å². The van der Waals surface area contributed by atoms with Gasteiger partial charge in [0.25, 0.3) is 5.69 Å². The number of nitriles is 1. The highest BCUT2D eigenvalue weighted by molar-refractivity contribution is 6.31. The highest BCUT2D eigenvalue weighted by Crippen LogP contribution is 2.24. The topological polar surface area (TPSA) is 90.5 Å². The summed E-state index contributed by atoms with van der Waals surface area (Å²) in [5.41, 5.74) is 1.24. The van der Waals surface area contributed by atoms with E-state index in [-0.39, 0.29) is 31.1 Å². The van der Waals surface area contributed by atoms with Crippen LogP contribution in [0.1, 0.15) is 18.9 Å². The van der Waals surface area contributed by atoms with Crippen LogP contribution in [-0.2, 0) is 11.3 Å². The van der Waals surface area contributed by atoms with E-state index in [2.05, 4.69) is 6.07 Å². The number of hydrogen-bond donors (Lipinski definition) is 0. The van der Waals surface area contributed by atoms with Crippen LogP contribution < -0.4 is 4.90 Å². The van der Waals surface area contributed by atoms with Crippen molar-refractivity contribution in [3.63, 3.8) is 0 Å². The van der Waals surface area contributed by atoms with Gasteiger partial charge in [-0.25, -0.2) is 0 Å². The standard InChI is InChI=1S/C20H21ClN4O3/c1-15(20(26)24(12-6-11-22)17-7-4-3-5-8-17)23(2)14-16-13-18(25(27)28)9-10-19(16)21/h3-5,7-10,13,15H,6,12,14H2,1-2H3. The Bertz CT molecular complexity index is 883. The first-order valence-electron chi connectivity index (χ1n) is 8.71. The molecule has 0 aliphatic rings. The predicted molar refractivity (Wildman–Crippen MR) is 108 cm³/mol. The summed E-state index contributed by atoms with van der Waals surface area (Å²) in [5.74, 6) is -0.162. The summed E-state index contributed by atoms with van der Waals surface area (Å²) in [6.45, 7) is 2.32. The maximum atomic E-state index is 13.1. The third-order valence-electron chi connectivity index (χ3n) is 4.46. The number of halogens is 1. The molecular weight excluding hydrogens is 380 g/mol. The number of amides is 1. The van der Waals surface area contributed by atoms with Crippen molar-refractivity contribution in [3.8, 4) is 6.07 Å². The molecule has 0 radical (unpaired) electrons. The van der Waals surface area contributed by atoms with E-state index >= 15 is 0 Å². The molecule has 0 saturated carbocycles. The number of nitrogens with zero attached hydrogens (tertiary/aromatic N) is 4. The summed E-state index contributed by atoms with van der Waals surface area (Å²) in [5, 5.41) is 20.3. The first-order valence-corrected chi connectivity index (χ1v) is 9.09. The Morgan fingerprint density at radius 2 is 1.96 bits per heavy atom. The number of carbonyl (C=O) groups excluding carboxylic acids is 1. The molecule has 2 aromatic carbocycles. The van der Waals surface area contributed by atoms with E-state index in [4.69, 9.17) is 16.9 Å². The van der Waals surface area contributed by atoms with Crippen molar-refractivity contribution >= 4 is 28.9 Å². The Hall–Kier alpha value is -2.95. The summed E-state index contributed by atoms with van der Waals surface area (Å²) < 4.78 is 0. The normalized spacial score (nSPS) is 11.7. The van der Waals surface area contributed by atoms with Gasteiger partial charge in [0.05, 0.1) is 23.5 Å². The molecule has 0 bridgehead atoms. The van der Waals surface area contributed by atoms with Crippen LogP contribution in [0.2, 0.25) is 5.02 Å². The second-order valence-electron chi connectivity index (χ2n) is 6.36. The summed E-state index contributed by atoms with van der Waals surface area (Å²) in [4.78, 5) is 27.0. The van der Waals surface area contributed by atoms with Crippen LogP contribution in [0.25, 0.3) is 0 Å². The van der Waals surface area contributed by atoms with Crippen molar-refractivity contribution in [2.45, 2.75) is 25.9 Å². The molecule has 8 heteroatoms. The fraction of sp³-hybridized carbons (Fsp3) is 0.300. The summed E-state index contributed by atoms with van der Waals surface area (Å²) >= 11 is 6.18. The summed E-state index contributed by atoms with van der Waals surface area (Å²) in [7, 11) is 1.76. The van der Waals surface area contributed by atoms with Gasteiger partial charge in [-0.1, -0.05) is 29.8 Å². The van der Waals surface area contributed by atoms with Crippen LogP contribution in [0, 0.1) is 21.4 Å². The van der Waals surface area contributed by atoms with Gasteiger partial charge in [-0.15, -0.1) is 0 Å². The quantitative estimate of drug-likeness (QED) is 0.493. The second-order valence-corrected chi connectivity index (χ2v) is 6.76. The van der Waals surface area contributed by atoms with Gasteiger partial charge in [-0.2, -0.15) is 5.26 Å². The molecule has 0 aliphatic heterocycles. The lowest BCUT2D eigenvalue weighted by Gasteiger charge is -2.30. The van der Waals surface area contributed by atoms with Gasteiger partial charge in [0.15, 0.2) is 0 Å². The van der Waals surface area contributed by atoms with Crippen LogP contribution in [0.4, 0.5) is 11.4 Å². The van der Waals surface area contributed by atoms with Crippen molar-refractivity contribution in [1.29, 1.82) is 5.26 Å². The Kier molecular flexibility index (Phi) is 7.50. The highest BCUT2D eigenvalue weighted by atomic mass is 35.5. The number of non-ortho nitro benzene ring substituents is 1. The number of para-hydroxylation sites is 1. The van der Waals surface area contributed by atoms with Gasteiger partial charge in [-0.3, -0.25) is 19.8 Å². The van der Waals surface area contributed by atoms with Crippen molar-refractivity contribution in [2.75, 3.05) is 18.5 Å². The summed E-state index contributed by atoms with van der Waals surface area (Å²) in [6.07, 6.45) is 0.216. The van der Waals surface area contributed by atoms with Gasteiger partial charge in [0.1, 0.15) is 0 Å². The minimum atomic E-state index is -0.519. The van der Waals surface area contributed by atoms with E-state index in [1.165, 1.54) is 18.2 Å². The maximum absolute atomic E-state index is 13.1. The van der Waals surface area contributed by atoms with Crippen LogP contribution >= 0.6 is 11.6 Å². The van der Waals surface area contributed by atoms with E-state index in [0.29, 0.717) is 10.6 Å². The number of likely N-dealkylation sites (N-methyl/N-ethyl adjacent to an activating group) is 1. The number of anilines is 1. The minimum Gasteiger partial charge on any atom is -0.310 e. The zero-order valence-electron chi connectivity index (χ0n) is 15.7. The average Bonchev–Trinajstić information content (AvgIpc) is 2.69. The zero-order chi connectivity index (χ0) is 20.7. The van der Waals surface area contributed by atoms with Crippen LogP contribution in [0.15, 0.2) is 48.5 Å².